The van der Waals surface area contributed by atoms with E-state index in [1.165, 1.54) is 17.8 Å². The molecular weight excluding hydrogens is 352 g/mol. The van der Waals surface area contributed by atoms with Crippen molar-refractivity contribution in [2.24, 2.45) is 5.10 Å². The van der Waals surface area contributed by atoms with Crippen molar-refractivity contribution in [3.63, 3.8) is 0 Å². The molecule has 0 bridgehead atoms. The molecule has 1 atom stereocenters. The van der Waals surface area contributed by atoms with Gasteiger partial charge in [0.2, 0.25) is 0 Å². The summed E-state index contributed by atoms with van der Waals surface area (Å²) in [5, 5.41) is 34.8. The van der Waals surface area contributed by atoms with Crippen molar-refractivity contribution >= 4 is 40.5 Å². The third-order valence-corrected chi connectivity index (χ3v) is 4.96. The van der Waals surface area contributed by atoms with Crippen molar-refractivity contribution in [2.75, 3.05) is 11.2 Å². The van der Waals surface area contributed by atoms with Gasteiger partial charge in [0.1, 0.15) is 5.69 Å². The molecule has 0 radical (unpaired) electrons. The van der Waals surface area contributed by atoms with Gasteiger partial charge >= 0.3 is 11.7 Å². The van der Waals surface area contributed by atoms with E-state index in [2.05, 4.69) is 10.5 Å². The maximum absolute atomic E-state index is 11.1. The Morgan fingerprint density at radius 2 is 2.08 bits per heavy atom. The first-order valence-electron chi connectivity index (χ1n) is 7.47. The highest BCUT2D eigenvalue weighted by Gasteiger charge is 2.23. The van der Waals surface area contributed by atoms with Gasteiger partial charge in [-0.2, -0.15) is 5.10 Å². The molecule has 0 amide bonds. The Morgan fingerprint density at radius 3 is 2.72 bits per heavy atom. The first kappa shape index (κ1) is 18.6. The summed E-state index contributed by atoms with van der Waals surface area (Å²) in [6.07, 6.45) is 3.34. The molecule has 0 aromatic heterocycles. The van der Waals surface area contributed by atoms with Crippen molar-refractivity contribution in [2.45, 2.75) is 30.9 Å². The Kier molecular flexibility index (Phi) is 6.28. The number of nitrogens with zero attached hydrogens (tertiary/aromatic N) is 3. The molecule has 0 heterocycles. The van der Waals surface area contributed by atoms with Crippen molar-refractivity contribution in [1.29, 1.82) is 0 Å². The van der Waals surface area contributed by atoms with E-state index in [1.807, 2.05) is 0 Å². The molecule has 0 unspecified atom stereocenters. The number of hydrogen-bond acceptors (Lipinski definition) is 8. The molecule has 1 fully saturated rings. The van der Waals surface area contributed by atoms with Gasteiger partial charge in [-0.15, -0.1) is 11.8 Å². The lowest BCUT2D eigenvalue weighted by Gasteiger charge is -2.23. The second kappa shape index (κ2) is 8.42. The van der Waals surface area contributed by atoms with Gasteiger partial charge in [0.05, 0.1) is 27.4 Å². The van der Waals surface area contributed by atoms with Crippen LogP contribution in [0.4, 0.5) is 17.1 Å². The maximum atomic E-state index is 11.1. The van der Waals surface area contributed by atoms with Gasteiger partial charge in [-0.25, -0.2) is 0 Å². The van der Waals surface area contributed by atoms with Gasteiger partial charge in [-0.1, -0.05) is 6.42 Å². The number of benzene rings is 1. The second-order valence-electron chi connectivity index (χ2n) is 5.37. The SMILES string of the molecule is O=C(O)CS[C@@H]1CCCC/C1=N/Nc1ccc([N+](=O)[O-])cc1[N+](=O)[O-]. The lowest BCUT2D eigenvalue weighted by atomic mass is 9.98. The normalized spacial score (nSPS) is 18.7. The minimum Gasteiger partial charge on any atom is -0.481 e. The monoisotopic (exact) mass is 368 g/mol. The Bertz CT molecular complexity index is 723. The number of hydrazone groups is 1. The largest absolute Gasteiger partial charge is 0.481 e. The summed E-state index contributed by atoms with van der Waals surface area (Å²) in [7, 11) is 0. The summed E-state index contributed by atoms with van der Waals surface area (Å²) < 4.78 is 0. The number of non-ortho nitro benzene ring substituents is 1. The third-order valence-electron chi connectivity index (χ3n) is 3.64. The van der Waals surface area contributed by atoms with E-state index in [0.717, 1.165) is 37.1 Å². The summed E-state index contributed by atoms with van der Waals surface area (Å²) in [6.45, 7) is 0. The van der Waals surface area contributed by atoms with Crippen LogP contribution in [0.5, 0.6) is 0 Å². The van der Waals surface area contributed by atoms with Crippen LogP contribution in [0.2, 0.25) is 0 Å². The van der Waals surface area contributed by atoms with Gasteiger partial charge in [-0.3, -0.25) is 30.4 Å². The van der Waals surface area contributed by atoms with Crippen molar-refractivity contribution in [3.05, 3.63) is 38.4 Å². The van der Waals surface area contributed by atoms with Gasteiger partial charge in [0.25, 0.3) is 5.69 Å². The fourth-order valence-corrected chi connectivity index (χ4v) is 3.49. The molecule has 0 aliphatic heterocycles. The number of rotatable bonds is 7. The molecule has 0 spiro atoms. The zero-order chi connectivity index (χ0) is 18.4. The van der Waals surface area contributed by atoms with E-state index in [9.17, 15) is 25.0 Å². The van der Waals surface area contributed by atoms with Crippen LogP contribution in [0.1, 0.15) is 25.7 Å². The lowest BCUT2D eigenvalue weighted by molar-refractivity contribution is -0.393. The van der Waals surface area contributed by atoms with Crippen LogP contribution in [-0.2, 0) is 4.79 Å². The zero-order valence-electron chi connectivity index (χ0n) is 13.1. The predicted molar refractivity (Wildman–Crippen MR) is 93.2 cm³/mol. The van der Waals surface area contributed by atoms with E-state index >= 15 is 0 Å². The van der Waals surface area contributed by atoms with Crippen molar-refractivity contribution < 1.29 is 19.7 Å². The summed E-state index contributed by atoms with van der Waals surface area (Å²) in [6, 6.07) is 3.27. The highest BCUT2D eigenvalue weighted by Crippen LogP contribution is 2.30. The summed E-state index contributed by atoms with van der Waals surface area (Å²) in [4.78, 5) is 31.2. The second-order valence-corrected chi connectivity index (χ2v) is 6.56. The number of carboxylic acid groups (broad SMARTS) is 1. The van der Waals surface area contributed by atoms with Crippen molar-refractivity contribution in [1.82, 2.24) is 0 Å². The number of nitrogens with one attached hydrogen (secondary N) is 1. The maximum Gasteiger partial charge on any atom is 0.313 e. The van der Waals surface area contributed by atoms with E-state index in [-0.39, 0.29) is 22.4 Å². The summed E-state index contributed by atoms with van der Waals surface area (Å²) in [5.74, 6) is -0.949. The molecule has 25 heavy (non-hydrogen) atoms. The molecular formula is C14H16N4O6S. The topological polar surface area (TPSA) is 148 Å². The standard InChI is InChI=1S/C14H16N4O6S/c19-14(20)8-25-13-4-2-1-3-11(13)16-15-10-6-5-9(17(21)22)7-12(10)18(23)24/h5-7,13,15H,1-4,8H2,(H,19,20)/b16-11-/t13-/m1/s1. The van der Waals surface area contributed by atoms with Crippen LogP contribution in [0.3, 0.4) is 0 Å². The Balaban J connectivity index is 2.19. The Hall–Kier alpha value is -2.69. The van der Waals surface area contributed by atoms with E-state index in [1.54, 1.807) is 0 Å². The molecule has 11 heteroatoms. The summed E-state index contributed by atoms with van der Waals surface area (Å²) in [5.41, 5.74) is 2.59. The van der Waals surface area contributed by atoms with Gasteiger partial charge in [0, 0.05) is 11.3 Å². The van der Waals surface area contributed by atoms with E-state index < -0.39 is 21.5 Å². The number of thioether (sulfide) groups is 1. The molecule has 2 N–H and O–H groups in total. The number of hydrogen-bond donors (Lipinski definition) is 2. The third kappa shape index (κ3) is 5.14. The fraction of sp³-hybridized carbons (Fsp3) is 0.429. The first-order chi connectivity index (χ1) is 11.9. The highest BCUT2D eigenvalue weighted by molar-refractivity contribution is 8.01. The molecule has 2 rings (SSSR count). The number of nitro benzene ring substituents is 2. The predicted octanol–water partition coefficient (Wildman–Crippen LogP) is 3.03. The van der Waals surface area contributed by atoms with Crippen LogP contribution in [0, 0.1) is 20.2 Å². The Labute approximate surface area is 146 Å². The minimum absolute atomic E-state index is 0.0403. The van der Waals surface area contributed by atoms with Crippen LogP contribution in [0.15, 0.2) is 23.3 Å². The average molecular weight is 368 g/mol. The average Bonchev–Trinajstić information content (AvgIpc) is 2.58. The quantitative estimate of drug-likeness (QED) is 0.551. The van der Waals surface area contributed by atoms with Crippen LogP contribution in [-0.4, -0.2) is 37.6 Å². The summed E-state index contributed by atoms with van der Waals surface area (Å²) >= 11 is 1.27. The number of carboxylic acids is 1. The minimum atomic E-state index is -0.908. The molecule has 1 aliphatic carbocycles. The fourth-order valence-electron chi connectivity index (χ4n) is 2.45. The molecule has 1 aromatic carbocycles. The number of carbonyl (C=O) groups is 1. The molecule has 1 aliphatic rings. The first-order valence-corrected chi connectivity index (χ1v) is 8.52. The molecule has 1 aromatic rings. The van der Waals surface area contributed by atoms with Gasteiger partial charge < -0.3 is 5.11 Å². The van der Waals surface area contributed by atoms with Crippen molar-refractivity contribution in [3.8, 4) is 0 Å². The molecule has 1 saturated carbocycles. The Morgan fingerprint density at radius 1 is 1.32 bits per heavy atom. The van der Waals surface area contributed by atoms with Gasteiger partial charge in [-0.05, 0) is 25.3 Å². The lowest BCUT2D eigenvalue weighted by Crippen LogP contribution is -2.24. The highest BCUT2D eigenvalue weighted by atomic mass is 32.2. The van der Waals surface area contributed by atoms with Crippen LogP contribution < -0.4 is 5.43 Å². The van der Waals surface area contributed by atoms with Crippen LogP contribution >= 0.6 is 11.8 Å². The van der Waals surface area contributed by atoms with E-state index in [0.29, 0.717) is 6.42 Å². The number of anilines is 1. The zero-order valence-corrected chi connectivity index (χ0v) is 13.9. The van der Waals surface area contributed by atoms with E-state index in [4.69, 9.17) is 5.11 Å². The molecule has 0 saturated heterocycles. The van der Waals surface area contributed by atoms with Gasteiger partial charge in [0.15, 0.2) is 0 Å². The van der Waals surface area contributed by atoms with Crippen LogP contribution in [0.25, 0.3) is 0 Å². The smallest absolute Gasteiger partial charge is 0.313 e. The number of nitro groups is 2. The molecule has 10 nitrogen and oxygen atoms in total. The molecule has 134 valence electrons. The number of aliphatic carboxylic acids is 1.